The molecule has 1 N–H and O–H groups in total. The molecule has 5 nitrogen and oxygen atoms in total. The minimum absolute atomic E-state index is 0.728. The fourth-order valence-corrected chi connectivity index (χ4v) is 4.41. The van der Waals surface area contributed by atoms with Crippen molar-refractivity contribution in [3.8, 4) is 0 Å². The average molecular weight is 404 g/mol. The first kappa shape index (κ1) is 20.8. The topological polar surface area (TPSA) is 48.1 Å². The number of pyridine rings is 1. The van der Waals surface area contributed by atoms with E-state index in [-0.39, 0.29) is 0 Å². The summed E-state index contributed by atoms with van der Waals surface area (Å²) in [7, 11) is 0. The molecule has 1 aliphatic heterocycles. The van der Waals surface area contributed by atoms with Gasteiger partial charge >= 0.3 is 0 Å². The highest BCUT2D eigenvalue weighted by molar-refractivity contribution is 5.25. The first-order valence-electron chi connectivity index (χ1n) is 11.0. The van der Waals surface area contributed by atoms with Crippen LogP contribution in [-0.4, -0.2) is 44.4 Å². The van der Waals surface area contributed by atoms with E-state index < -0.39 is 0 Å². The number of hydrogen-bond acceptors (Lipinski definition) is 4. The number of piperidine rings is 1. The second-order valence-corrected chi connectivity index (χ2v) is 8.69. The zero-order valence-corrected chi connectivity index (χ0v) is 18.2. The second-order valence-electron chi connectivity index (χ2n) is 8.69. The van der Waals surface area contributed by atoms with Crippen molar-refractivity contribution >= 4 is 0 Å². The lowest BCUT2D eigenvalue weighted by Gasteiger charge is -2.35. The van der Waals surface area contributed by atoms with Gasteiger partial charge in [0.05, 0.1) is 6.54 Å². The summed E-state index contributed by atoms with van der Waals surface area (Å²) in [6.45, 7) is 10.6. The second kappa shape index (κ2) is 10.0. The van der Waals surface area contributed by atoms with E-state index in [4.69, 9.17) is 0 Å². The minimum atomic E-state index is 0.728. The minimum Gasteiger partial charge on any atom is -0.345 e. The number of nitrogens with one attached hydrogen (secondary N) is 1. The van der Waals surface area contributed by atoms with E-state index in [1.54, 1.807) is 0 Å². The summed E-state index contributed by atoms with van der Waals surface area (Å²) in [6, 6.07) is 13.0. The van der Waals surface area contributed by atoms with Crippen LogP contribution in [0.2, 0.25) is 0 Å². The van der Waals surface area contributed by atoms with Crippen molar-refractivity contribution in [1.82, 2.24) is 24.8 Å². The Kier molecular flexibility index (Phi) is 6.92. The molecule has 0 saturated carbocycles. The van der Waals surface area contributed by atoms with Crippen LogP contribution >= 0.6 is 0 Å². The van der Waals surface area contributed by atoms with Gasteiger partial charge < -0.3 is 4.98 Å². The normalized spacial score (nSPS) is 15.7. The summed E-state index contributed by atoms with van der Waals surface area (Å²) in [6.07, 6.45) is 8.25. The lowest BCUT2D eigenvalue weighted by molar-refractivity contribution is 0.130. The summed E-state index contributed by atoms with van der Waals surface area (Å²) in [5, 5.41) is 0. The number of likely N-dealkylation sites (tertiary alicyclic amines) is 1. The smallest absolute Gasteiger partial charge is 0.120 e. The van der Waals surface area contributed by atoms with Crippen molar-refractivity contribution in [3.05, 3.63) is 83.2 Å². The molecule has 30 heavy (non-hydrogen) atoms. The van der Waals surface area contributed by atoms with Crippen molar-refractivity contribution in [2.45, 2.75) is 46.3 Å². The molecule has 4 rings (SSSR count). The van der Waals surface area contributed by atoms with E-state index in [1.807, 2.05) is 24.7 Å². The number of aromatic amines is 1. The molecule has 0 bridgehead atoms. The first-order valence-corrected chi connectivity index (χ1v) is 11.0. The fraction of sp³-hybridized carbons (Fsp3) is 0.440. The van der Waals surface area contributed by atoms with Crippen molar-refractivity contribution in [1.29, 1.82) is 0 Å². The highest BCUT2D eigenvalue weighted by atomic mass is 15.2. The van der Waals surface area contributed by atoms with Crippen LogP contribution in [0.15, 0.2) is 55.0 Å². The Bertz CT molecular complexity index is 912. The third-order valence-electron chi connectivity index (χ3n) is 6.14. The van der Waals surface area contributed by atoms with Crippen molar-refractivity contribution in [2.24, 2.45) is 5.92 Å². The van der Waals surface area contributed by atoms with Gasteiger partial charge in [-0.25, -0.2) is 4.98 Å². The molecule has 158 valence electrons. The molecule has 2 aromatic heterocycles. The molecule has 0 amide bonds. The van der Waals surface area contributed by atoms with Crippen molar-refractivity contribution in [3.63, 3.8) is 0 Å². The first-order chi connectivity index (χ1) is 14.7. The number of H-pyrrole nitrogens is 1. The van der Waals surface area contributed by atoms with E-state index in [9.17, 15) is 0 Å². The third kappa shape index (κ3) is 5.77. The zero-order valence-electron chi connectivity index (χ0n) is 18.2. The molecule has 1 saturated heterocycles. The molecular weight excluding hydrogens is 370 g/mol. The van der Waals surface area contributed by atoms with Crippen LogP contribution < -0.4 is 0 Å². The van der Waals surface area contributed by atoms with Crippen molar-refractivity contribution < 1.29 is 0 Å². The molecule has 1 fully saturated rings. The van der Waals surface area contributed by atoms with Gasteiger partial charge in [0.2, 0.25) is 0 Å². The Balaban J connectivity index is 1.34. The van der Waals surface area contributed by atoms with Gasteiger partial charge in [0, 0.05) is 43.9 Å². The highest BCUT2D eigenvalue weighted by Gasteiger charge is 2.22. The van der Waals surface area contributed by atoms with E-state index >= 15 is 0 Å². The van der Waals surface area contributed by atoms with E-state index in [0.717, 1.165) is 43.6 Å². The standard InChI is InChI=1S/C25H33N5/c1-20-6-3-4-8-24(20)18-29-12-9-22(10-13-29)16-30(17-23-7-5-11-26-15-23)19-25-27-14-21(2)28-25/h3-8,11,14-15,22H,9-10,12-13,16-19H2,1-2H3,(H,27,28). The maximum Gasteiger partial charge on any atom is 0.120 e. The molecule has 0 aliphatic carbocycles. The van der Waals surface area contributed by atoms with Crippen LogP contribution in [0.25, 0.3) is 0 Å². The van der Waals surface area contributed by atoms with Gasteiger partial charge in [-0.05, 0) is 68.5 Å². The van der Waals surface area contributed by atoms with Crippen LogP contribution in [0.3, 0.4) is 0 Å². The summed E-state index contributed by atoms with van der Waals surface area (Å²) in [5.74, 6) is 1.78. The van der Waals surface area contributed by atoms with E-state index in [0.29, 0.717) is 0 Å². The summed E-state index contributed by atoms with van der Waals surface area (Å²) >= 11 is 0. The SMILES string of the molecule is Cc1cnc(CN(Cc2cccnc2)CC2CCN(Cc3ccccc3C)CC2)[nH]1. The predicted octanol–water partition coefficient (Wildman–Crippen LogP) is 4.34. The molecule has 0 unspecified atom stereocenters. The third-order valence-corrected chi connectivity index (χ3v) is 6.14. The average Bonchev–Trinajstić information content (AvgIpc) is 3.16. The van der Waals surface area contributed by atoms with E-state index in [1.165, 1.54) is 42.6 Å². The van der Waals surface area contributed by atoms with Gasteiger partial charge in [0.1, 0.15) is 5.82 Å². The number of aromatic nitrogens is 3. The molecule has 3 aromatic rings. The number of benzene rings is 1. The summed E-state index contributed by atoms with van der Waals surface area (Å²) < 4.78 is 0. The molecule has 0 radical (unpaired) electrons. The van der Waals surface area contributed by atoms with Crippen LogP contribution in [-0.2, 0) is 19.6 Å². The van der Waals surface area contributed by atoms with Gasteiger partial charge in [0.15, 0.2) is 0 Å². The number of imidazole rings is 1. The zero-order chi connectivity index (χ0) is 20.8. The summed E-state index contributed by atoms with van der Waals surface area (Å²) in [5.41, 5.74) is 5.24. The van der Waals surface area contributed by atoms with Gasteiger partial charge in [-0.1, -0.05) is 30.3 Å². The van der Waals surface area contributed by atoms with E-state index in [2.05, 4.69) is 68.9 Å². The van der Waals surface area contributed by atoms with Gasteiger partial charge in [-0.3, -0.25) is 14.8 Å². The van der Waals surface area contributed by atoms with Crippen LogP contribution in [0, 0.1) is 19.8 Å². The van der Waals surface area contributed by atoms with Gasteiger partial charge in [0.25, 0.3) is 0 Å². The van der Waals surface area contributed by atoms with Crippen LogP contribution in [0.1, 0.15) is 41.1 Å². The number of aryl methyl sites for hydroxylation is 2. The van der Waals surface area contributed by atoms with Crippen LogP contribution in [0.4, 0.5) is 0 Å². The van der Waals surface area contributed by atoms with Gasteiger partial charge in [-0.15, -0.1) is 0 Å². The largest absolute Gasteiger partial charge is 0.345 e. The number of rotatable bonds is 8. The monoisotopic (exact) mass is 403 g/mol. The van der Waals surface area contributed by atoms with Crippen LogP contribution in [0.5, 0.6) is 0 Å². The molecular formula is C25H33N5. The summed E-state index contributed by atoms with van der Waals surface area (Å²) in [4.78, 5) is 17.4. The highest BCUT2D eigenvalue weighted by Crippen LogP contribution is 2.22. The molecule has 1 aliphatic rings. The van der Waals surface area contributed by atoms with Crippen molar-refractivity contribution in [2.75, 3.05) is 19.6 Å². The van der Waals surface area contributed by atoms with Gasteiger partial charge in [-0.2, -0.15) is 0 Å². The molecule has 0 atom stereocenters. The predicted molar refractivity (Wildman–Crippen MR) is 121 cm³/mol. The number of hydrogen-bond donors (Lipinski definition) is 1. The lowest BCUT2D eigenvalue weighted by Crippen LogP contribution is -2.38. The molecule has 0 spiro atoms. The quantitative estimate of drug-likeness (QED) is 0.608. The Hall–Kier alpha value is -2.50. The Morgan fingerprint density at radius 1 is 1.03 bits per heavy atom. The Morgan fingerprint density at radius 3 is 2.57 bits per heavy atom. The molecule has 1 aromatic carbocycles. The fourth-order valence-electron chi connectivity index (χ4n) is 4.41. The molecule has 3 heterocycles. The maximum atomic E-state index is 4.54. The maximum absolute atomic E-state index is 4.54. The lowest BCUT2D eigenvalue weighted by atomic mass is 9.95. The Labute approximate surface area is 180 Å². The number of nitrogens with zero attached hydrogens (tertiary/aromatic N) is 4. The molecule has 5 heteroatoms. The Morgan fingerprint density at radius 2 is 1.87 bits per heavy atom.